The van der Waals surface area contributed by atoms with Crippen LogP contribution in [0.4, 0.5) is 5.69 Å². The molecule has 2 unspecified atom stereocenters. The van der Waals surface area contributed by atoms with Crippen LogP contribution >= 0.6 is 11.8 Å². The Labute approximate surface area is 102 Å². The second kappa shape index (κ2) is 5.11. The number of thioether (sulfide) groups is 1. The van der Waals surface area contributed by atoms with Gasteiger partial charge >= 0.3 is 0 Å². The first-order valence-corrected chi connectivity index (χ1v) is 7.00. The van der Waals surface area contributed by atoms with Crippen molar-refractivity contribution in [3.8, 4) is 0 Å². The maximum Gasteiger partial charge on any atom is 0.0385 e. The van der Waals surface area contributed by atoms with Crippen LogP contribution in [0.2, 0.25) is 0 Å². The molecule has 88 valence electrons. The lowest BCUT2D eigenvalue weighted by atomic mass is 10.1. The van der Waals surface area contributed by atoms with Gasteiger partial charge in [-0.05, 0) is 36.8 Å². The highest BCUT2D eigenvalue weighted by Crippen LogP contribution is 2.26. The van der Waals surface area contributed by atoms with Crippen molar-refractivity contribution in [2.24, 2.45) is 5.73 Å². The van der Waals surface area contributed by atoms with Crippen LogP contribution in [0.3, 0.4) is 0 Å². The van der Waals surface area contributed by atoms with Crippen molar-refractivity contribution in [2.75, 3.05) is 23.5 Å². The summed E-state index contributed by atoms with van der Waals surface area (Å²) in [5.74, 6) is 2.55. The highest BCUT2D eigenvalue weighted by atomic mass is 32.2. The molecule has 1 aliphatic rings. The van der Waals surface area contributed by atoms with Gasteiger partial charge in [-0.25, -0.2) is 0 Å². The molecular weight excluding hydrogens is 216 g/mol. The van der Waals surface area contributed by atoms with Crippen LogP contribution in [0, 0.1) is 0 Å². The molecule has 2 nitrogen and oxygen atoms in total. The van der Waals surface area contributed by atoms with Crippen molar-refractivity contribution < 1.29 is 0 Å². The average Bonchev–Trinajstić information content (AvgIpc) is 2.81. The van der Waals surface area contributed by atoms with Gasteiger partial charge in [0.2, 0.25) is 0 Å². The molecule has 1 aromatic rings. The number of anilines is 1. The standard InChI is InChI=1S/C13H20N2S/c1-10(14)11-3-5-12(6-4-11)15(2)13-7-8-16-9-13/h3-6,10,13H,7-9,14H2,1-2H3. The van der Waals surface area contributed by atoms with Gasteiger partial charge in [-0.15, -0.1) is 0 Å². The largest absolute Gasteiger partial charge is 0.371 e. The molecule has 1 aliphatic heterocycles. The zero-order chi connectivity index (χ0) is 11.5. The molecule has 16 heavy (non-hydrogen) atoms. The van der Waals surface area contributed by atoms with E-state index in [-0.39, 0.29) is 6.04 Å². The van der Waals surface area contributed by atoms with Gasteiger partial charge < -0.3 is 10.6 Å². The molecule has 0 saturated carbocycles. The number of hydrogen-bond donors (Lipinski definition) is 1. The predicted octanol–water partition coefficient (Wildman–Crippen LogP) is 2.65. The number of rotatable bonds is 3. The summed E-state index contributed by atoms with van der Waals surface area (Å²) < 4.78 is 0. The van der Waals surface area contributed by atoms with Gasteiger partial charge in [0.05, 0.1) is 0 Å². The molecule has 1 heterocycles. The number of nitrogens with two attached hydrogens (primary N) is 1. The summed E-state index contributed by atoms with van der Waals surface area (Å²) in [6, 6.07) is 9.47. The fraction of sp³-hybridized carbons (Fsp3) is 0.538. The minimum absolute atomic E-state index is 0.126. The second-order valence-corrected chi connectivity index (χ2v) is 5.66. The third kappa shape index (κ3) is 2.53. The molecule has 0 aliphatic carbocycles. The summed E-state index contributed by atoms with van der Waals surface area (Å²) >= 11 is 2.05. The van der Waals surface area contributed by atoms with Crippen LogP contribution < -0.4 is 10.6 Å². The normalized spacial score (nSPS) is 22.1. The molecule has 2 rings (SSSR count). The predicted molar refractivity (Wildman–Crippen MR) is 73.2 cm³/mol. The van der Waals surface area contributed by atoms with Gasteiger partial charge in [0.25, 0.3) is 0 Å². The molecule has 1 aromatic carbocycles. The van der Waals surface area contributed by atoms with Crippen LogP contribution in [0.5, 0.6) is 0 Å². The Morgan fingerprint density at radius 1 is 1.38 bits per heavy atom. The van der Waals surface area contributed by atoms with Gasteiger partial charge in [0.1, 0.15) is 0 Å². The van der Waals surface area contributed by atoms with Gasteiger partial charge in [-0.1, -0.05) is 12.1 Å². The maximum atomic E-state index is 5.85. The van der Waals surface area contributed by atoms with Crippen LogP contribution in [-0.4, -0.2) is 24.6 Å². The SMILES string of the molecule is CC(N)c1ccc(N(C)C2CCSC2)cc1. The summed E-state index contributed by atoms with van der Waals surface area (Å²) in [6.45, 7) is 2.02. The third-order valence-electron chi connectivity index (χ3n) is 3.28. The van der Waals surface area contributed by atoms with Crippen LogP contribution in [0.25, 0.3) is 0 Å². The Balaban J connectivity index is 2.08. The molecular formula is C13H20N2S. The van der Waals surface area contributed by atoms with E-state index in [1.54, 1.807) is 0 Å². The zero-order valence-corrected chi connectivity index (χ0v) is 10.8. The Hall–Kier alpha value is -0.670. The number of benzene rings is 1. The van der Waals surface area contributed by atoms with Crippen molar-refractivity contribution in [1.29, 1.82) is 0 Å². The van der Waals surface area contributed by atoms with E-state index in [9.17, 15) is 0 Å². The summed E-state index contributed by atoms with van der Waals surface area (Å²) in [7, 11) is 2.19. The van der Waals surface area contributed by atoms with E-state index in [2.05, 4.69) is 48.0 Å². The Kier molecular flexibility index (Phi) is 3.77. The van der Waals surface area contributed by atoms with E-state index in [0.29, 0.717) is 6.04 Å². The molecule has 1 fully saturated rings. The van der Waals surface area contributed by atoms with Crippen molar-refractivity contribution in [3.05, 3.63) is 29.8 Å². The van der Waals surface area contributed by atoms with Gasteiger partial charge in [-0.2, -0.15) is 11.8 Å². The van der Waals surface area contributed by atoms with E-state index in [1.165, 1.54) is 29.2 Å². The fourth-order valence-electron chi connectivity index (χ4n) is 2.05. The number of hydrogen-bond acceptors (Lipinski definition) is 3. The minimum atomic E-state index is 0.126. The Morgan fingerprint density at radius 3 is 2.56 bits per heavy atom. The quantitative estimate of drug-likeness (QED) is 0.875. The van der Waals surface area contributed by atoms with Crippen molar-refractivity contribution in [1.82, 2.24) is 0 Å². The third-order valence-corrected chi connectivity index (χ3v) is 4.42. The smallest absolute Gasteiger partial charge is 0.0385 e. The van der Waals surface area contributed by atoms with E-state index in [0.717, 1.165) is 0 Å². The van der Waals surface area contributed by atoms with Crippen LogP contribution in [-0.2, 0) is 0 Å². The highest BCUT2D eigenvalue weighted by Gasteiger charge is 2.20. The van der Waals surface area contributed by atoms with Crippen molar-refractivity contribution in [2.45, 2.75) is 25.4 Å². The molecule has 0 radical (unpaired) electrons. The first kappa shape index (κ1) is 11.8. The molecule has 2 atom stereocenters. The summed E-state index contributed by atoms with van der Waals surface area (Å²) in [6.07, 6.45) is 1.30. The second-order valence-electron chi connectivity index (χ2n) is 4.51. The Bertz CT molecular complexity index is 328. The van der Waals surface area contributed by atoms with Crippen molar-refractivity contribution >= 4 is 17.4 Å². The van der Waals surface area contributed by atoms with Gasteiger partial charge in [0, 0.05) is 30.6 Å². The zero-order valence-electron chi connectivity index (χ0n) is 10.0. The van der Waals surface area contributed by atoms with Crippen LogP contribution in [0.15, 0.2) is 24.3 Å². The summed E-state index contributed by atoms with van der Waals surface area (Å²) in [5.41, 5.74) is 8.35. The van der Waals surface area contributed by atoms with E-state index < -0.39 is 0 Å². The van der Waals surface area contributed by atoms with Crippen LogP contribution in [0.1, 0.15) is 24.9 Å². The lowest BCUT2D eigenvalue weighted by Gasteiger charge is -2.26. The molecule has 2 N–H and O–H groups in total. The first-order valence-electron chi connectivity index (χ1n) is 5.84. The average molecular weight is 236 g/mol. The fourth-order valence-corrected chi connectivity index (χ4v) is 3.32. The van der Waals surface area contributed by atoms with Gasteiger partial charge in [-0.3, -0.25) is 0 Å². The first-order chi connectivity index (χ1) is 7.68. The number of nitrogens with zero attached hydrogens (tertiary/aromatic N) is 1. The molecule has 0 aromatic heterocycles. The van der Waals surface area contributed by atoms with Crippen molar-refractivity contribution in [3.63, 3.8) is 0 Å². The minimum Gasteiger partial charge on any atom is -0.371 e. The molecule has 3 heteroatoms. The highest BCUT2D eigenvalue weighted by molar-refractivity contribution is 7.99. The topological polar surface area (TPSA) is 29.3 Å². The monoisotopic (exact) mass is 236 g/mol. The van der Waals surface area contributed by atoms with Gasteiger partial charge in [0.15, 0.2) is 0 Å². The van der Waals surface area contributed by atoms with E-state index >= 15 is 0 Å². The maximum absolute atomic E-state index is 5.85. The molecule has 1 saturated heterocycles. The molecule has 0 amide bonds. The molecule has 0 spiro atoms. The lowest BCUT2D eigenvalue weighted by molar-refractivity contribution is 0.699. The summed E-state index contributed by atoms with van der Waals surface area (Å²) in [5, 5.41) is 0. The van der Waals surface area contributed by atoms with E-state index in [1.807, 2.05) is 6.92 Å². The Morgan fingerprint density at radius 2 is 2.06 bits per heavy atom. The lowest BCUT2D eigenvalue weighted by Crippen LogP contribution is -2.31. The van der Waals surface area contributed by atoms with E-state index in [4.69, 9.17) is 5.73 Å². The molecule has 0 bridgehead atoms. The summed E-state index contributed by atoms with van der Waals surface area (Å²) in [4.78, 5) is 2.39.